The molecule has 4 nitrogen and oxygen atoms in total. The van der Waals surface area contributed by atoms with Gasteiger partial charge in [0, 0.05) is 0 Å². The minimum absolute atomic E-state index is 0.0389. The lowest BCUT2D eigenvalue weighted by atomic mass is 9.73. The van der Waals surface area contributed by atoms with Gasteiger partial charge in [-0.05, 0) is 42.7 Å². The Hall–Kier alpha value is -1.36. The molecule has 1 amide bonds. The van der Waals surface area contributed by atoms with Crippen LogP contribution in [0, 0.1) is 12.8 Å². The molecule has 0 aromatic carbocycles. The number of nitrogens with one attached hydrogen (secondary N) is 1. The van der Waals surface area contributed by atoms with Crippen molar-refractivity contribution in [1.82, 2.24) is 5.32 Å². The second kappa shape index (κ2) is 5.33. The molecular weight excluding hydrogens is 262 g/mol. The zero-order valence-electron chi connectivity index (χ0n) is 11.2. The monoisotopic (exact) mass is 281 g/mol. The normalized spacial score (nSPS) is 26.9. The number of amides is 1. The van der Waals surface area contributed by atoms with E-state index in [9.17, 15) is 14.7 Å². The molecule has 104 valence electrons. The lowest BCUT2D eigenvalue weighted by Crippen LogP contribution is -2.59. The number of rotatable bonds is 3. The smallest absolute Gasteiger partial charge is 0.329 e. The Morgan fingerprint density at radius 1 is 1.47 bits per heavy atom. The van der Waals surface area contributed by atoms with E-state index < -0.39 is 11.5 Å². The van der Waals surface area contributed by atoms with Crippen LogP contribution < -0.4 is 5.32 Å². The first-order valence-corrected chi connectivity index (χ1v) is 7.45. The minimum atomic E-state index is -1.11. The molecule has 0 radical (unpaired) electrons. The molecule has 0 aliphatic heterocycles. The summed E-state index contributed by atoms with van der Waals surface area (Å²) in [6.45, 7) is 3.78. The number of aliphatic carboxylic acids is 1. The molecule has 2 atom stereocenters. The van der Waals surface area contributed by atoms with E-state index in [-0.39, 0.29) is 11.8 Å². The van der Waals surface area contributed by atoms with E-state index in [2.05, 4.69) is 5.32 Å². The first kappa shape index (κ1) is 14.1. The van der Waals surface area contributed by atoms with Crippen LogP contribution in [0.2, 0.25) is 0 Å². The van der Waals surface area contributed by atoms with E-state index in [0.29, 0.717) is 11.3 Å². The highest BCUT2D eigenvalue weighted by molar-refractivity contribution is 7.12. The molecule has 1 fully saturated rings. The molecule has 0 saturated heterocycles. The molecule has 1 aromatic rings. The topological polar surface area (TPSA) is 66.4 Å². The van der Waals surface area contributed by atoms with Crippen LogP contribution in [0.3, 0.4) is 0 Å². The average molecular weight is 281 g/mol. The summed E-state index contributed by atoms with van der Waals surface area (Å²) < 4.78 is 0. The summed E-state index contributed by atoms with van der Waals surface area (Å²) >= 11 is 1.35. The van der Waals surface area contributed by atoms with Gasteiger partial charge in [-0.2, -0.15) is 0 Å². The minimum Gasteiger partial charge on any atom is -0.479 e. The van der Waals surface area contributed by atoms with Gasteiger partial charge in [-0.3, -0.25) is 4.79 Å². The van der Waals surface area contributed by atoms with E-state index in [4.69, 9.17) is 0 Å². The number of carboxylic acid groups (broad SMARTS) is 1. The summed E-state index contributed by atoms with van der Waals surface area (Å²) in [5.41, 5.74) is -0.210. The quantitative estimate of drug-likeness (QED) is 0.895. The van der Waals surface area contributed by atoms with Crippen LogP contribution in [-0.2, 0) is 4.79 Å². The second-order valence-electron chi connectivity index (χ2n) is 5.31. The third kappa shape index (κ3) is 2.52. The van der Waals surface area contributed by atoms with Crippen molar-refractivity contribution < 1.29 is 14.7 Å². The summed E-state index contributed by atoms with van der Waals surface area (Å²) in [6, 6.07) is 1.87. The number of carboxylic acids is 1. The Bertz CT molecular complexity index is 497. The van der Waals surface area contributed by atoms with Gasteiger partial charge in [0.1, 0.15) is 5.54 Å². The number of carbonyl (C=O) groups excluding carboxylic acids is 1. The summed E-state index contributed by atoms with van der Waals surface area (Å²) in [5.74, 6) is -1.21. The zero-order chi connectivity index (χ0) is 14.0. The van der Waals surface area contributed by atoms with Gasteiger partial charge in [0.25, 0.3) is 5.91 Å². The molecule has 0 spiro atoms. The van der Waals surface area contributed by atoms with Gasteiger partial charge in [-0.25, -0.2) is 4.79 Å². The van der Waals surface area contributed by atoms with E-state index >= 15 is 0 Å². The van der Waals surface area contributed by atoms with Crippen molar-refractivity contribution in [2.24, 2.45) is 5.92 Å². The maximum absolute atomic E-state index is 12.3. The van der Waals surface area contributed by atoms with Crippen LogP contribution in [0.1, 0.15) is 47.8 Å². The molecule has 0 bridgehead atoms. The Balaban J connectivity index is 2.24. The maximum Gasteiger partial charge on any atom is 0.329 e. The van der Waals surface area contributed by atoms with E-state index in [0.717, 1.165) is 24.8 Å². The highest BCUT2D eigenvalue weighted by Crippen LogP contribution is 2.34. The standard InChI is InChI=1S/C14H19NO3S/c1-9-6-8-19-11(9)12(16)15-14(13(17)18)7-4-3-5-10(14)2/h6,8,10H,3-5,7H2,1-2H3,(H,15,16)(H,17,18). The SMILES string of the molecule is Cc1ccsc1C(=O)NC1(C(=O)O)CCCCC1C. The van der Waals surface area contributed by atoms with Crippen LogP contribution in [-0.4, -0.2) is 22.5 Å². The lowest BCUT2D eigenvalue weighted by molar-refractivity contribution is -0.148. The van der Waals surface area contributed by atoms with Crippen LogP contribution in [0.4, 0.5) is 0 Å². The number of hydrogen-bond donors (Lipinski definition) is 2. The highest BCUT2D eigenvalue weighted by Gasteiger charge is 2.46. The van der Waals surface area contributed by atoms with Crippen molar-refractivity contribution in [3.05, 3.63) is 21.9 Å². The van der Waals surface area contributed by atoms with E-state index in [1.165, 1.54) is 11.3 Å². The van der Waals surface area contributed by atoms with Crippen LogP contribution in [0.15, 0.2) is 11.4 Å². The van der Waals surface area contributed by atoms with Crippen LogP contribution in [0.5, 0.6) is 0 Å². The fourth-order valence-corrected chi connectivity index (χ4v) is 3.59. The van der Waals surface area contributed by atoms with Gasteiger partial charge in [-0.15, -0.1) is 11.3 Å². The van der Waals surface area contributed by atoms with Crippen LogP contribution in [0.25, 0.3) is 0 Å². The third-order valence-electron chi connectivity index (χ3n) is 4.09. The lowest BCUT2D eigenvalue weighted by Gasteiger charge is -2.39. The van der Waals surface area contributed by atoms with Crippen molar-refractivity contribution in [3.8, 4) is 0 Å². The molecular formula is C14H19NO3S. The zero-order valence-corrected chi connectivity index (χ0v) is 12.0. The fourth-order valence-electron chi connectivity index (χ4n) is 2.77. The molecule has 19 heavy (non-hydrogen) atoms. The van der Waals surface area contributed by atoms with Gasteiger partial charge >= 0.3 is 5.97 Å². The molecule has 1 aromatic heterocycles. The van der Waals surface area contributed by atoms with E-state index in [1.807, 2.05) is 25.3 Å². The molecule has 2 unspecified atom stereocenters. The molecule has 5 heteroatoms. The average Bonchev–Trinajstić information content (AvgIpc) is 2.78. The van der Waals surface area contributed by atoms with Crippen molar-refractivity contribution in [2.75, 3.05) is 0 Å². The summed E-state index contributed by atoms with van der Waals surface area (Å²) in [7, 11) is 0. The molecule has 1 saturated carbocycles. The Kier molecular flexibility index (Phi) is 3.94. The second-order valence-corrected chi connectivity index (χ2v) is 6.23. The fraction of sp³-hybridized carbons (Fsp3) is 0.571. The third-order valence-corrected chi connectivity index (χ3v) is 5.10. The summed E-state index contributed by atoms with van der Waals surface area (Å²) in [6.07, 6.45) is 3.24. The first-order chi connectivity index (χ1) is 8.97. The molecule has 1 aliphatic carbocycles. The van der Waals surface area contributed by atoms with Gasteiger partial charge in [0.05, 0.1) is 4.88 Å². The highest BCUT2D eigenvalue weighted by atomic mass is 32.1. The van der Waals surface area contributed by atoms with Crippen molar-refractivity contribution in [2.45, 2.75) is 45.1 Å². The number of carbonyl (C=O) groups is 2. The molecule has 1 heterocycles. The molecule has 2 rings (SSSR count). The molecule has 2 N–H and O–H groups in total. The Morgan fingerprint density at radius 3 is 2.74 bits per heavy atom. The van der Waals surface area contributed by atoms with Crippen LogP contribution >= 0.6 is 11.3 Å². The number of thiophene rings is 1. The Morgan fingerprint density at radius 2 is 2.21 bits per heavy atom. The molecule has 1 aliphatic rings. The Labute approximate surface area is 116 Å². The first-order valence-electron chi connectivity index (χ1n) is 6.57. The van der Waals surface area contributed by atoms with Crippen molar-refractivity contribution in [3.63, 3.8) is 0 Å². The number of aryl methyl sites for hydroxylation is 1. The van der Waals surface area contributed by atoms with Gasteiger partial charge in [0.2, 0.25) is 0 Å². The number of hydrogen-bond acceptors (Lipinski definition) is 3. The summed E-state index contributed by atoms with van der Waals surface area (Å²) in [4.78, 5) is 24.6. The largest absolute Gasteiger partial charge is 0.479 e. The summed E-state index contributed by atoms with van der Waals surface area (Å²) in [5, 5.41) is 14.2. The van der Waals surface area contributed by atoms with Gasteiger partial charge in [0.15, 0.2) is 0 Å². The predicted octanol–water partition coefficient (Wildman–Crippen LogP) is 2.82. The maximum atomic E-state index is 12.3. The van der Waals surface area contributed by atoms with Gasteiger partial charge in [-0.1, -0.05) is 19.8 Å². The van der Waals surface area contributed by atoms with Gasteiger partial charge < -0.3 is 10.4 Å². The van der Waals surface area contributed by atoms with Crippen molar-refractivity contribution in [1.29, 1.82) is 0 Å². The predicted molar refractivity (Wildman–Crippen MR) is 74.5 cm³/mol. The van der Waals surface area contributed by atoms with E-state index in [1.54, 1.807) is 0 Å². The van der Waals surface area contributed by atoms with Crippen molar-refractivity contribution >= 4 is 23.2 Å².